The molecule has 0 aliphatic carbocycles. The first-order chi connectivity index (χ1) is 10.4. The third-order valence-corrected chi connectivity index (χ3v) is 4.85. The van der Waals surface area contributed by atoms with E-state index in [4.69, 9.17) is 0 Å². The van der Waals surface area contributed by atoms with Crippen LogP contribution < -0.4 is 0 Å². The van der Waals surface area contributed by atoms with Crippen LogP contribution in [0.3, 0.4) is 0 Å². The average Bonchev–Trinajstić information content (AvgIpc) is 2.84. The van der Waals surface area contributed by atoms with Crippen molar-refractivity contribution in [3.8, 4) is 0 Å². The van der Waals surface area contributed by atoms with Crippen LogP contribution in [0.2, 0.25) is 0 Å². The Morgan fingerprint density at radius 2 is 1.82 bits per heavy atom. The second-order valence-corrected chi connectivity index (χ2v) is 6.53. The predicted molar refractivity (Wildman–Crippen MR) is 87.2 cm³/mol. The van der Waals surface area contributed by atoms with E-state index in [9.17, 15) is 9.18 Å². The lowest BCUT2D eigenvalue weighted by Gasteiger charge is -2.34. The van der Waals surface area contributed by atoms with E-state index in [1.807, 2.05) is 14.0 Å². The van der Waals surface area contributed by atoms with Crippen molar-refractivity contribution in [2.45, 2.75) is 58.2 Å². The Bertz CT molecular complexity index is 492. The van der Waals surface area contributed by atoms with Gasteiger partial charge in [-0.3, -0.25) is 9.69 Å². The molecule has 1 aliphatic rings. The molecule has 22 heavy (non-hydrogen) atoms. The van der Waals surface area contributed by atoms with Crippen molar-refractivity contribution in [1.29, 1.82) is 0 Å². The summed E-state index contributed by atoms with van der Waals surface area (Å²) in [6, 6.07) is 7.36. The molecule has 3 atom stereocenters. The van der Waals surface area contributed by atoms with E-state index in [2.05, 4.69) is 18.7 Å². The van der Waals surface area contributed by atoms with Gasteiger partial charge in [0.25, 0.3) is 0 Å². The van der Waals surface area contributed by atoms with Gasteiger partial charge >= 0.3 is 0 Å². The van der Waals surface area contributed by atoms with Crippen LogP contribution in [0.1, 0.15) is 39.2 Å². The summed E-state index contributed by atoms with van der Waals surface area (Å²) in [5.41, 5.74) is 1.05. The summed E-state index contributed by atoms with van der Waals surface area (Å²) in [5.74, 6) is -0.0541. The summed E-state index contributed by atoms with van der Waals surface area (Å²) in [5, 5.41) is 0. The number of carbonyl (C=O) groups is 1. The molecule has 0 bridgehead atoms. The van der Waals surface area contributed by atoms with Gasteiger partial charge in [0.05, 0.1) is 6.04 Å². The Kier molecular flexibility index (Phi) is 5.57. The first-order valence-corrected chi connectivity index (χ1v) is 8.17. The monoisotopic (exact) mass is 306 g/mol. The molecule has 1 aromatic carbocycles. The summed E-state index contributed by atoms with van der Waals surface area (Å²) in [6.07, 6.45) is 3.08. The number of likely N-dealkylation sites (tertiary alicyclic amines) is 1. The Morgan fingerprint density at radius 3 is 2.36 bits per heavy atom. The zero-order chi connectivity index (χ0) is 16.3. The van der Waals surface area contributed by atoms with Gasteiger partial charge < -0.3 is 4.90 Å². The molecule has 3 nitrogen and oxygen atoms in total. The fraction of sp³-hybridized carbons (Fsp3) is 0.611. The summed E-state index contributed by atoms with van der Waals surface area (Å²) in [4.78, 5) is 16.7. The molecule has 1 saturated heterocycles. The Morgan fingerprint density at radius 1 is 1.27 bits per heavy atom. The van der Waals surface area contributed by atoms with E-state index in [0.717, 1.165) is 24.8 Å². The van der Waals surface area contributed by atoms with Crippen molar-refractivity contribution in [3.05, 3.63) is 35.6 Å². The number of nitrogens with zero attached hydrogens (tertiary/aromatic N) is 2. The number of carbonyl (C=O) groups excluding carboxylic acids is 1. The van der Waals surface area contributed by atoms with Crippen LogP contribution in [0.4, 0.5) is 4.39 Å². The van der Waals surface area contributed by atoms with Crippen LogP contribution in [0.25, 0.3) is 0 Å². The van der Waals surface area contributed by atoms with Crippen LogP contribution in [0.5, 0.6) is 0 Å². The van der Waals surface area contributed by atoms with Crippen molar-refractivity contribution in [1.82, 2.24) is 9.80 Å². The molecule has 0 radical (unpaired) electrons. The molecule has 4 heteroatoms. The maximum atomic E-state index is 12.9. The third kappa shape index (κ3) is 3.86. The molecule has 1 amide bonds. The fourth-order valence-electron chi connectivity index (χ4n) is 3.48. The molecule has 1 aliphatic heterocycles. The van der Waals surface area contributed by atoms with Gasteiger partial charge in [-0.15, -0.1) is 0 Å². The SMILES string of the molecule is C[C@@H]1CC[C@H](C)N1[C@@H](C)C(=O)N(C)CCc1ccc(F)cc1. The van der Waals surface area contributed by atoms with Crippen molar-refractivity contribution in [3.63, 3.8) is 0 Å². The fourth-order valence-corrected chi connectivity index (χ4v) is 3.48. The number of likely N-dealkylation sites (N-methyl/N-ethyl adjacent to an activating group) is 1. The topological polar surface area (TPSA) is 23.6 Å². The maximum absolute atomic E-state index is 12.9. The van der Waals surface area contributed by atoms with E-state index in [0.29, 0.717) is 18.6 Å². The highest BCUT2D eigenvalue weighted by atomic mass is 19.1. The molecule has 1 aromatic rings. The van der Waals surface area contributed by atoms with Crippen molar-refractivity contribution in [2.75, 3.05) is 13.6 Å². The first-order valence-electron chi connectivity index (χ1n) is 8.17. The summed E-state index contributed by atoms with van der Waals surface area (Å²) >= 11 is 0. The minimum Gasteiger partial charge on any atom is -0.344 e. The minimum absolute atomic E-state index is 0.0780. The summed E-state index contributed by atoms with van der Waals surface area (Å²) in [6.45, 7) is 7.07. The average molecular weight is 306 g/mol. The lowest BCUT2D eigenvalue weighted by atomic mass is 10.1. The van der Waals surface area contributed by atoms with Gasteiger partial charge in [-0.1, -0.05) is 12.1 Å². The van der Waals surface area contributed by atoms with Gasteiger partial charge in [0, 0.05) is 25.7 Å². The lowest BCUT2D eigenvalue weighted by Crippen LogP contribution is -2.49. The zero-order valence-electron chi connectivity index (χ0n) is 14.1. The zero-order valence-corrected chi connectivity index (χ0v) is 14.1. The normalized spacial score (nSPS) is 23.5. The van der Waals surface area contributed by atoms with Gasteiger partial charge in [-0.25, -0.2) is 4.39 Å². The van der Waals surface area contributed by atoms with Crippen LogP contribution in [0, 0.1) is 5.82 Å². The Balaban J connectivity index is 1.89. The second kappa shape index (κ2) is 7.23. The number of halogens is 1. The molecule has 1 heterocycles. The number of hydrogen-bond acceptors (Lipinski definition) is 2. The molecule has 0 spiro atoms. The van der Waals surface area contributed by atoms with E-state index >= 15 is 0 Å². The smallest absolute Gasteiger partial charge is 0.239 e. The summed E-state index contributed by atoms with van der Waals surface area (Å²) < 4.78 is 12.9. The van der Waals surface area contributed by atoms with Crippen molar-refractivity contribution >= 4 is 5.91 Å². The minimum atomic E-state index is -0.223. The van der Waals surface area contributed by atoms with Crippen molar-refractivity contribution < 1.29 is 9.18 Å². The number of hydrogen-bond donors (Lipinski definition) is 0. The highest BCUT2D eigenvalue weighted by Gasteiger charge is 2.35. The molecule has 0 N–H and O–H groups in total. The quantitative estimate of drug-likeness (QED) is 0.834. The first kappa shape index (κ1) is 16.9. The van der Waals surface area contributed by atoms with E-state index < -0.39 is 0 Å². The van der Waals surface area contributed by atoms with Crippen LogP contribution in [0.15, 0.2) is 24.3 Å². The maximum Gasteiger partial charge on any atom is 0.239 e. The molecule has 0 unspecified atom stereocenters. The highest BCUT2D eigenvalue weighted by Crippen LogP contribution is 2.26. The lowest BCUT2D eigenvalue weighted by molar-refractivity contribution is -0.136. The Labute approximate surface area is 133 Å². The van der Waals surface area contributed by atoms with Crippen LogP contribution >= 0.6 is 0 Å². The van der Waals surface area contributed by atoms with Crippen LogP contribution in [-0.2, 0) is 11.2 Å². The molecular weight excluding hydrogens is 279 g/mol. The standard InChI is InChI=1S/C18H27FN2O/c1-13-5-6-14(2)21(13)15(3)18(22)20(4)12-11-16-7-9-17(19)10-8-16/h7-10,13-15H,5-6,11-12H2,1-4H3/t13-,14+,15-/m0/s1. The largest absolute Gasteiger partial charge is 0.344 e. The van der Waals surface area contributed by atoms with Crippen LogP contribution in [-0.4, -0.2) is 47.4 Å². The highest BCUT2D eigenvalue weighted by molar-refractivity contribution is 5.81. The molecule has 2 rings (SSSR count). The van der Waals surface area contributed by atoms with Gasteiger partial charge in [0.15, 0.2) is 0 Å². The van der Waals surface area contributed by atoms with Gasteiger partial charge in [0.2, 0.25) is 5.91 Å². The molecular formula is C18H27FN2O. The predicted octanol–water partition coefficient (Wildman–Crippen LogP) is 3.09. The van der Waals surface area contributed by atoms with Gasteiger partial charge in [-0.05, 0) is 57.7 Å². The van der Waals surface area contributed by atoms with Gasteiger partial charge in [-0.2, -0.15) is 0 Å². The molecule has 0 aromatic heterocycles. The third-order valence-electron chi connectivity index (χ3n) is 4.85. The molecule has 0 saturated carbocycles. The second-order valence-electron chi connectivity index (χ2n) is 6.53. The van der Waals surface area contributed by atoms with Gasteiger partial charge in [0.1, 0.15) is 5.82 Å². The summed E-state index contributed by atoms with van der Waals surface area (Å²) in [7, 11) is 1.85. The molecule has 122 valence electrons. The van der Waals surface area contributed by atoms with E-state index in [1.165, 1.54) is 12.1 Å². The Hall–Kier alpha value is -1.42. The van der Waals surface area contributed by atoms with E-state index in [-0.39, 0.29) is 17.8 Å². The molecule has 1 fully saturated rings. The number of amides is 1. The van der Waals surface area contributed by atoms with Crippen molar-refractivity contribution in [2.24, 2.45) is 0 Å². The van der Waals surface area contributed by atoms with E-state index in [1.54, 1.807) is 17.0 Å². The number of benzene rings is 1. The number of rotatable bonds is 5.